The molecular formula is C12H16N4S. The van der Waals surface area contributed by atoms with E-state index in [1.807, 2.05) is 11.7 Å². The zero-order valence-electron chi connectivity index (χ0n) is 9.89. The van der Waals surface area contributed by atoms with Gasteiger partial charge in [-0.05, 0) is 25.5 Å². The van der Waals surface area contributed by atoms with Gasteiger partial charge in [0, 0.05) is 30.1 Å². The Hall–Kier alpha value is -1.20. The lowest BCUT2D eigenvalue weighted by Gasteiger charge is -2.14. The molecule has 0 bridgehead atoms. The maximum atomic E-state index is 4.34. The Bertz CT molecular complexity index is 476. The second-order valence-electron chi connectivity index (χ2n) is 4.67. The highest BCUT2D eigenvalue weighted by Gasteiger charge is 2.26. The van der Waals surface area contributed by atoms with Crippen LogP contribution in [-0.4, -0.2) is 33.2 Å². The van der Waals surface area contributed by atoms with Gasteiger partial charge in [0.25, 0.3) is 0 Å². The molecule has 1 atom stereocenters. The number of likely N-dealkylation sites (tertiary alicyclic amines) is 1. The fraction of sp³-hybridized carbons (Fsp3) is 0.500. The third-order valence-electron chi connectivity index (χ3n) is 3.42. The van der Waals surface area contributed by atoms with Gasteiger partial charge < -0.3 is 0 Å². The molecule has 1 aliphatic heterocycles. The highest BCUT2D eigenvalue weighted by atomic mass is 32.1. The van der Waals surface area contributed by atoms with Crippen LogP contribution in [0.15, 0.2) is 17.1 Å². The molecule has 1 saturated heterocycles. The van der Waals surface area contributed by atoms with E-state index in [4.69, 9.17) is 0 Å². The van der Waals surface area contributed by atoms with Crippen molar-refractivity contribution in [3.05, 3.63) is 34.0 Å². The Kier molecular flexibility index (Phi) is 2.94. The minimum atomic E-state index is 0.608. The first-order valence-electron chi connectivity index (χ1n) is 5.92. The number of aromatic nitrogens is 3. The van der Waals surface area contributed by atoms with Gasteiger partial charge in [-0.2, -0.15) is 5.10 Å². The van der Waals surface area contributed by atoms with E-state index in [1.54, 1.807) is 11.3 Å². The lowest BCUT2D eigenvalue weighted by atomic mass is 10.0. The van der Waals surface area contributed by atoms with Crippen molar-refractivity contribution in [3.63, 3.8) is 0 Å². The monoisotopic (exact) mass is 248 g/mol. The predicted molar refractivity (Wildman–Crippen MR) is 68.1 cm³/mol. The van der Waals surface area contributed by atoms with Crippen LogP contribution in [0.5, 0.6) is 0 Å². The first-order chi connectivity index (χ1) is 8.33. The third kappa shape index (κ3) is 2.25. The Balaban J connectivity index is 1.64. The van der Waals surface area contributed by atoms with Crippen LogP contribution in [0.3, 0.4) is 0 Å². The van der Waals surface area contributed by atoms with Crippen molar-refractivity contribution in [1.29, 1.82) is 0 Å². The summed E-state index contributed by atoms with van der Waals surface area (Å²) >= 11 is 1.67. The summed E-state index contributed by atoms with van der Waals surface area (Å²) < 4.78 is 0. The maximum absolute atomic E-state index is 4.34. The summed E-state index contributed by atoms with van der Waals surface area (Å²) in [6.45, 7) is 5.37. The third-order valence-corrected chi connectivity index (χ3v) is 4.05. The van der Waals surface area contributed by atoms with E-state index < -0.39 is 0 Å². The van der Waals surface area contributed by atoms with E-state index in [2.05, 4.69) is 32.4 Å². The van der Waals surface area contributed by atoms with E-state index in [1.165, 1.54) is 23.4 Å². The second kappa shape index (κ2) is 4.58. The minimum Gasteiger partial charge on any atom is -0.297 e. The Morgan fingerprint density at radius 1 is 1.59 bits per heavy atom. The SMILES string of the molecule is Cc1cn[nH]c1[C@@H]1CCN(Cc2cscn2)C1. The molecule has 2 aromatic heterocycles. The summed E-state index contributed by atoms with van der Waals surface area (Å²) in [7, 11) is 0. The molecule has 2 aromatic rings. The first-order valence-corrected chi connectivity index (χ1v) is 6.86. The molecule has 0 radical (unpaired) electrons. The summed E-state index contributed by atoms with van der Waals surface area (Å²) in [4.78, 5) is 6.81. The summed E-state index contributed by atoms with van der Waals surface area (Å²) in [6, 6.07) is 0. The maximum Gasteiger partial charge on any atom is 0.0795 e. The predicted octanol–water partition coefficient (Wildman–Crippen LogP) is 2.16. The summed E-state index contributed by atoms with van der Waals surface area (Å²) in [6.07, 6.45) is 3.13. The topological polar surface area (TPSA) is 44.8 Å². The number of nitrogens with one attached hydrogen (secondary N) is 1. The van der Waals surface area contributed by atoms with Crippen LogP contribution >= 0.6 is 11.3 Å². The normalized spacial score (nSPS) is 21.1. The van der Waals surface area contributed by atoms with Gasteiger partial charge in [0.2, 0.25) is 0 Å². The molecule has 0 aliphatic carbocycles. The molecule has 0 unspecified atom stereocenters. The molecular weight excluding hydrogens is 232 g/mol. The lowest BCUT2D eigenvalue weighted by Crippen LogP contribution is -2.20. The van der Waals surface area contributed by atoms with Crippen LogP contribution in [-0.2, 0) is 6.54 Å². The van der Waals surface area contributed by atoms with E-state index in [0.717, 1.165) is 19.6 Å². The highest BCUT2D eigenvalue weighted by Crippen LogP contribution is 2.28. The van der Waals surface area contributed by atoms with Crippen molar-refractivity contribution in [2.75, 3.05) is 13.1 Å². The van der Waals surface area contributed by atoms with Crippen molar-refractivity contribution in [2.24, 2.45) is 0 Å². The van der Waals surface area contributed by atoms with E-state index in [0.29, 0.717) is 5.92 Å². The molecule has 0 amide bonds. The van der Waals surface area contributed by atoms with E-state index >= 15 is 0 Å². The molecule has 1 aliphatic rings. The van der Waals surface area contributed by atoms with Crippen molar-refractivity contribution in [3.8, 4) is 0 Å². The second-order valence-corrected chi connectivity index (χ2v) is 5.39. The van der Waals surface area contributed by atoms with Gasteiger partial charge in [0.05, 0.1) is 17.4 Å². The lowest BCUT2D eigenvalue weighted by molar-refractivity contribution is 0.323. The van der Waals surface area contributed by atoms with Crippen LogP contribution in [0.4, 0.5) is 0 Å². The Morgan fingerprint density at radius 3 is 3.24 bits per heavy atom. The van der Waals surface area contributed by atoms with Gasteiger partial charge in [-0.25, -0.2) is 4.98 Å². The molecule has 4 nitrogen and oxygen atoms in total. The minimum absolute atomic E-state index is 0.608. The number of H-pyrrole nitrogens is 1. The molecule has 0 saturated carbocycles. The van der Waals surface area contributed by atoms with Gasteiger partial charge in [0.15, 0.2) is 0 Å². The van der Waals surface area contributed by atoms with Gasteiger partial charge in [-0.3, -0.25) is 10.00 Å². The molecule has 3 heterocycles. The van der Waals surface area contributed by atoms with Crippen molar-refractivity contribution in [1.82, 2.24) is 20.1 Å². The van der Waals surface area contributed by atoms with Crippen molar-refractivity contribution >= 4 is 11.3 Å². The summed E-state index contributed by atoms with van der Waals surface area (Å²) in [5.74, 6) is 0.608. The van der Waals surface area contributed by atoms with Gasteiger partial charge in [-0.1, -0.05) is 0 Å². The number of aromatic amines is 1. The molecule has 5 heteroatoms. The van der Waals surface area contributed by atoms with Crippen LogP contribution in [0.25, 0.3) is 0 Å². The number of hydrogen-bond acceptors (Lipinski definition) is 4. The molecule has 1 fully saturated rings. The number of rotatable bonds is 3. The van der Waals surface area contributed by atoms with Gasteiger partial charge in [0.1, 0.15) is 0 Å². The largest absolute Gasteiger partial charge is 0.297 e. The molecule has 0 aromatic carbocycles. The molecule has 0 spiro atoms. The van der Waals surface area contributed by atoms with Crippen molar-refractivity contribution in [2.45, 2.75) is 25.8 Å². The zero-order chi connectivity index (χ0) is 11.7. The standard InChI is InChI=1S/C12H16N4S/c1-9-4-14-15-12(9)10-2-3-16(5-10)6-11-7-17-8-13-11/h4,7-8,10H,2-3,5-6H2,1H3,(H,14,15)/t10-/m1/s1. The van der Waals surface area contributed by atoms with Crippen LogP contribution in [0, 0.1) is 6.92 Å². The Morgan fingerprint density at radius 2 is 2.53 bits per heavy atom. The van der Waals surface area contributed by atoms with Gasteiger partial charge in [-0.15, -0.1) is 11.3 Å². The fourth-order valence-corrected chi connectivity index (χ4v) is 3.08. The molecule has 17 heavy (non-hydrogen) atoms. The smallest absolute Gasteiger partial charge is 0.0795 e. The Labute approximate surface area is 105 Å². The molecule has 1 N–H and O–H groups in total. The van der Waals surface area contributed by atoms with Crippen LogP contribution in [0.1, 0.15) is 29.3 Å². The van der Waals surface area contributed by atoms with Crippen LogP contribution in [0.2, 0.25) is 0 Å². The van der Waals surface area contributed by atoms with E-state index in [-0.39, 0.29) is 0 Å². The first kappa shape index (κ1) is 10.9. The highest BCUT2D eigenvalue weighted by molar-refractivity contribution is 7.07. The number of thiazole rings is 1. The van der Waals surface area contributed by atoms with Gasteiger partial charge >= 0.3 is 0 Å². The average molecular weight is 248 g/mol. The number of hydrogen-bond donors (Lipinski definition) is 1. The van der Waals surface area contributed by atoms with E-state index in [9.17, 15) is 0 Å². The zero-order valence-corrected chi connectivity index (χ0v) is 10.7. The molecule has 3 rings (SSSR count). The quantitative estimate of drug-likeness (QED) is 0.905. The summed E-state index contributed by atoms with van der Waals surface area (Å²) in [5, 5.41) is 9.38. The van der Waals surface area contributed by atoms with Crippen LogP contribution < -0.4 is 0 Å². The summed E-state index contributed by atoms with van der Waals surface area (Å²) in [5.41, 5.74) is 5.69. The van der Waals surface area contributed by atoms with Crippen molar-refractivity contribution < 1.29 is 0 Å². The fourth-order valence-electron chi connectivity index (χ4n) is 2.53. The average Bonchev–Trinajstić information content (AvgIpc) is 3.00. The number of nitrogens with zero attached hydrogens (tertiary/aromatic N) is 3. The number of aryl methyl sites for hydroxylation is 1. The molecule has 90 valence electrons.